The topological polar surface area (TPSA) is 93.8 Å². The van der Waals surface area contributed by atoms with Crippen molar-refractivity contribution in [3.05, 3.63) is 71.2 Å². The number of aryl methyl sites for hydroxylation is 1. The summed E-state index contributed by atoms with van der Waals surface area (Å²) in [6.07, 6.45) is 1.69. The van der Waals surface area contributed by atoms with Crippen molar-refractivity contribution in [2.75, 3.05) is 11.1 Å². The normalized spacial score (nSPS) is 11.9. The van der Waals surface area contributed by atoms with Gasteiger partial charge in [-0.15, -0.1) is 11.3 Å². The molecule has 0 aliphatic rings. The van der Waals surface area contributed by atoms with Crippen LogP contribution in [0.1, 0.15) is 5.01 Å². The van der Waals surface area contributed by atoms with E-state index in [-0.39, 0.29) is 0 Å². The minimum Gasteiger partial charge on any atom is -0.399 e. The molecule has 4 aromatic rings. The molecule has 2 heterocycles. The fraction of sp³-hybridized carbons (Fsp3) is 0.0500. The molecule has 4 rings (SSSR count). The molecule has 0 radical (unpaired) electrons. The first-order valence-corrected chi connectivity index (χ1v) is 10.5. The number of benzene rings is 2. The van der Waals surface area contributed by atoms with Crippen molar-refractivity contribution in [2.45, 2.75) is 16.7 Å². The highest BCUT2D eigenvalue weighted by atomic mass is 32.2. The minimum absolute atomic E-state index is 0.454. The molecule has 1 unspecified atom stereocenters. The van der Waals surface area contributed by atoms with Crippen molar-refractivity contribution >= 4 is 39.5 Å². The van der Waals surface area contributed by atoms with Gasteiger partial charge < -0.3 is 11.1 Å². The maximum absolute atomic E-state index is 12.8. The Hall–Kier alpha value is -3.10. The number of nitrogens with one attached hydrogen (secondary N) is 1. The van der Waals surface area contributed by atoms with E-state index in [2.05, 4.69) is 20.3 Å². The molecule has 0 aliphatic heterocycles. The number of nitrogen functional groups attached to an aromatic ring is 1. The van der Waals surface area contributed by atoms with E-state index in [1.807, 2.05) is 42.6 Å². The van der Waals surface area contributed by atoms with Gasteiger partial charge in [-0.25, -0.2) is 19.2 Å². The zero-order valence-corrected chi connectivity index (χ0v) is 16.6. The maximum Gasteiger partial charge on any atom is 0.227 e. The van der Waals surface area contributed by atoms with Gasteiger partial charge in [0.05, 0.1) is 21.5 Å². The van der Waals surface area contributed by atoms with Crippen molar-refractivity contribution in [3.8, 4) is 11.4 Å². The molecule has 0 bridgehead atoms. The van der Waals surface area contributed by atoms with Crippen molar-refractivity contribution in [2.24, 2.45) is 0 Å². The second kappa shape index (κ2) is 7.87. The fourth-order valence-corrected chi connectivity index (χ4v) is 4.39. The van der Waals surface area contributed by atoms with Gasteiger partial charge in [0.1, 0.15) is 5.69 Å². The van der Waals surface area contributed by atoms with Crippen LogP contribution in [0.2, 0.25) is 0 Å². The smallest absolute Gasteiger partial charge is 0.227 e. The Morgan fingerprint density at radius 3 is 2.54 bits per heavy atom. The predicted octanol–water partition coefficient (Wildman–Crippen LogP) is 4.40. The van der Waals surface area contributed by atoms with Crippen molar-refractivity contribution in [1.82, 2.24) is 15.0 Å². The summed E-state index contributed by atoms with van der Waals surface area (Å²) >= 11 is 1.58. The lowest BCUT2D eigenvalue weighted by Crippen LogP contribution is -2.00. The zero-order valence-electron chi connectivity index (χ0n) is 15.0. The van der Waals surface area contributed by atoms with Gasteiger partial charge in [-0.3, -0.25) is 0 Å². The average Bonchev–Trinajstić information content (AvgIpc) is 3.14. The Morgan fingerprint density at radius 1 is 1.00 bits per heavy atom. The number of anilines is 3. The SMILES string of the molecule is Cc1nc(-c2ccnc(Nc3cccc(S(=O)c4cccc(N)c4)c3)n2)cs1. The summed E-state index contributed by atoms with van der Waals surface area (Å²) in [6.45, 7) is 1.96. The largest absolute Gasteiger partial charge is 0.399 e. The Balaban J connectivity index is 1.58. The fourth-order valence-electron chi connectivity index (χ4n) is 2.63. The van der Waals surface area contributed by atoms with E-state index in [4.69, 9.17) is 5.73 Å². The van der Waals surface area contributed by atoms with Gasteiger partial charge in [-0.05, 0) is 49.4 Å². The van der Waals surface area contributed by atoms with Crippen LogP contribution in [0.15, 0.2) is 76.0 Å². The van der Waals surface area contributed by atoms with E-state index in [1.165, 1.54) is 0 Å². The van der Waals surface area contributed by atoms with E-state index in [0.29, 0.717) is 21.4 Å². The van der Waals surface area contributed by atoms with Crippen molar-refractivity contribution in [3.63, 3.8) is 0 Å². The highest BCUT2D eigenvalue weighted by Gasteiger charge is 2.10. The van der Waals surface area contributed by atoms with Gasteiger partial charge in [0.15, 0.2) is 0 Å². The first-order chi connectivity index (χ1) is 13.6. The molecule has 2 aromatic carbocycles. The van der Waals surface area contributed by atoms with Gasteiger partial charge in [0.2, 0.25) is 5.95 Å². The molecule has 140 valence electrons. The molecular formula is C20H17N5OS2. The van der Waals surface area contributed by atoms with Crippen LogP contribution in [-0.4, -0.2) is 19.2 Å². The van der Waals surface area contributed by atoms with Gasteiger partial charge in [-0.2, -0.15) is 0 Å². The number of hydrogen-bond acceptors (Lipinski definition) is 7. The molecule has 0 saturated carbocycles. The minimum atomic E-state index is -1.33. The highest BCUT2D eigenvalue weighted by Crippen LogP contribution is 2.24. The summed E-state index contributed by atoms with van der Waals surface area (Å²) < 4.78 is 12.8. The number of nitrogens with zero attached hydrogens (tertiary/aromatic N) is 3. The number of aromatic nitrogens is 3. The number of hydrogen-bond donors (Lipinski definition) is 2. The maximum atomic E-state index is 12.8. The standard InChI is InChI=1S/C20H17N5OS2/c1-13-23-19(12-27-13)18-8-9-22-20(25-18)24-15-5-3-7-17(11-15)28(26)16-6-2-4-14(21)10-16/h2-12H,21H2,1H3,(H,22,24,25). The Morgan fingerprint density at radius 2 is 1.79 bits per heavy atom. The third-order valence-electron chi connectivity index (χ3n) is 3.91. The lowest BCUT2D eigenvalue weighted by molar-refractivity contribution is 0.683. The summed E-state index contributed by atoms with van der Waals surface area (Å²) in [4.78, 5) is 14.6. The van der Waals surface area contributed by atoms with Gasteiger partial charge >= 0.3 is 0 Å². The second-order valence-electron chi connectivity index (χ2n) is 6.01. The summed E-state index contributed by atoms with van der Waals surface area (Å²) in [7, 11) is -1.33. The molecule has 0 saturated heterocycles. The molecule has 0 fully saturated rings. The Bertz CT molecular complexity index is 1160. The Kier molecular flexibility index (Phi) is 5.14. The second-order valence-corrected chi connectivity index (χ2v) is 8.55. The van der Waals surface area contributed by atoms with E-state index in [0.717, 1.165) is 22.1 Å². The summed E-state index contributed by atoms with van der Waals surface area (Å²) in [5.41, 5.74) is 8.71. The predicted molar refractivity (Wildman–Crippen MR) is 113 cm³/mol. The van der Waals surface area contributed by atoms with Crippen LogP contribution in [0.3, 0.4) is 0 Å². The van der Waals surface area contributed by atoms with E-state index in [1.54, 1.807) is 41.8 Å². The summed E-state index contributed by atoms with van der Waals surface area (Å²) in [6, 6.07) is 16.3. The van der Waals surface area contributed by atoms with Crippen LogP contribution in [0.4, 0.5) is 17.3 Å². The van der Waals surface area contributed by atoms with Crippen LogP contribution in [-0.2, 0) is 10.8 Å². The quantitative estimate of drug-likeness (QED) is 0.476. The van der Waals surface area contributed by atoms with Crippen LogP contribution in [0.5, 0.6) is 0 Å². The first-order valence-electron chi connectivity index (χ1n) is 8.48. The van der Waals surface area contributed by atoms with Crippen LogP contribution in [0, 0.1) is 6.92 Å². The van der Waals surface area contributed by atoms with E-state index < -0.39 is 10.8 Å². The molecule has 28 heavy (non-hydrogen) atoms. The number of nitrogens with two attached hydrogens (primary N) is 1. The first kappa shape index (κ1) is 18.3. The highest BCUT2D eigenvalue weighted by molar-refractivity contribution is 7.85. The van der Waals surface area contributed by atoms with Crippen LogP contribution >= 0.6 is 11.3 Å². The van der Waals surface area contributed by atoms with Gasteiger partial charge in [-0.1, -0.05) is 12.1 Å². The molecule has 6 nitrogen and oxygen atoms in total. The average molecular weight is 408 g/mol. The van der Waals surface area contributed by atoms with E-state index >= 15 is 0 Å². The molecule has 0 spiro atoms. The molecule has 1 atom stereocenters. The number of thiazole rings is 1. The lowest BCUT2D eigenvalue weighted by atomic mass is 10.3. The summed E-state index contributed by atoms with van der Waals surface area (Å²) in [5, 5.41) is 6.13. The molecule has 0 amide bonds. The Labute approximate surface area is 169 Å². The van der Waals surface area contributed by atoms with Crippen LogP contribution in [0.25, 0.3) is 11.4 Å². The molecule has 8 heteroatoms. The third kappa shape index (κ3) is 4.08. The molecule has 3 N–H and O–H groups in total. The zero-order chi connectivity index (χ0) is 19.5. The molecule has 2 aromatic heterocycles. The monoisotopic (exact) mass is 407 g/mol. The van der Waals surface area contributed by atoms with Crippen molar-refractivity contribution < 1.29 is 4.21 Å². The lowest BCUT2D eigenvalue weighted by Gasteiger charge is -2.08. The van der Waals surface area contributed by atoms with Crippen molar-refractivity contribution in [1.29, 1.82) is 0 Å². The molecular weight excluding hydrogens is 390 g/mol. The third-order valence-corrected chi connectivity index (χ3v) is 6.05. The van der Waals surface area contributed by atoms with Crippen LogP contribution < -0.4 is 11.1 Å². The molecule has 0 aliphatic carbocycles. The van der Waals surface area contributed by atoms with Gasteiger partial charge in [0.25, 0.3) is 0 Å². The summed E-state index contributed by atoms with van der Waals surface area (Å²) in [5.74, 6) is 0.454. The van der Waals surface area contributed by atoms with E-state index in [9.17, 15) is 4.21 Å². The van der Waals surface area contributed by atoms with Gasteiger partial charge in [0, 0.05) is 32.7 Å². The number of rotatable bonds is 5.